The Kier molecular flexibility index (Phi) is 7.27. The number of para-hydroxylation sites is 1. The molecular weight excluding hydrogens is 360 g/mol. The first-order valence-corrected chi connectivity index (χ1v) is 8.68. The SMILES string of the molecule is CCc1[nH]c(=O)ccc1C(=O)NCc1ccccc1-n1ccnc1C.O=CO. The molecule has 3 aromatic rings. The van der Waals surface area contributed by atoms with Crippen molar-refractivity contribution >= 4 is 12.4 Å². The van der Waals surface area contributed by atoms with Crippen molar-refractivity contribution in [2.75, 3.05) is 0 Å². The predicted molar refractivity (Wildman–Crippen MR) is 105 cm³/mol. The lowest BCUT2D eigenvalue weighted by molar-refractivity contribution is -0.122. The molecule has 0 atom stereocenters. The van der Waals surface area contributed by atoms with Gasteiger partial charge in [0.05, 0.1) is 11.3 Å². The number of aromatic amines is 1. The van der Waals surface area contributed by atoms with E-state index < -0.39 is 0 Å². The molecule has 0 spiro atoms. The summed E-state index contributed by atoms with van der Waals surface area (Å²) >= 11 is 0. The number of carbonyl (C=O) groups excluding carboxylic acids is 1. The second kappa shape index (κ2) is 9.86. The third-order valence-corrected chi connectivity index (χ3v) is 4.12. The Bertz CT molecular complexity index is 1010. The minimum Gasteiger partial charge on any atom is -0.483 e. The first-order chi connectivity index (χ1) is 13.5. The fourth-order valence-corrected chi connectivity index (χ4v) is 2.81. The average Bonchev–Trinajstić information content (AvgIpc) is 3.12. The molecule has 8 heteroatoms. The lowest BCUT2D eigenvalue weighted by Crippen LogP contribution is -2.26. The molecule has 2 aromatic heterocycles. The maximum atomic E-state index is 12.5. The predicted octanol–water partition coefficient (Wildman–Crippen LogP) is 2.06. The maximum absolute atomic E-state index is 12.5. The average molecular weight is 382 g/mol. The van der Waals surface area contributed by atoms with Gasteiger partial charge in [-0.3, -0.25) is 14.4 Å². The van der Waals surface area contributed by atoms with Crippen LogP contribution in [0.2, 0.25) is 0 Å². The summed E-state index contributed by atoms with van der Waals surface area (Å²) in [6.07, 6.45) is 4.23. The van der Waals surface area contributed by atoms with Crippen molar-refractivity contribution < 1.29 is 14.7 Å². The van der Waals surface area contributed by atoms with Gasteiger partial charge in [0.25, 0.3) is 12.4 Å². The number of hydrogen-bond acceptors (Lipinski definition) is 4. The van der Waals surface area contributed by atoms with Crippen molar-refractivity contribution in [2.24, 2.45) is 0 Å². The van der Waals surface area contributed by atoms with Crippen molar-refractivity contribution in [3.8, 4) is 5.69 Å². The zero-order chi connectivity index (χ0) is 20.5. The van der Waals surface area contributed by atoms with Crippen LogP contribution in [-0.4, -0.2) is 32.0 Å². The van der Waals surface area contributed by atoms with E-state index in [9.17, 15) is 9.59 Å². The lowest BCUT2D eigenvalue weighted by atomic mass is 10.1. The van der Waals surface area contributed by atoms with Gasteiger partial charge in [0.2, 0.25) is 5.56 Å². The summed E-state index contributed by atoms with van der Waals surface area (Å²) in [4.78, 5) is 39.3. The number of aryl methyl sites for hydroxylation is 2. The number of rotatable bonds is 5. The first-order valence-electron chi connectivity index (χ1n) is 8.68. The first kappa shape index (κ1) is 20.6. The van der Waals surface area contributed by atoms with Crippen LogP contribution < -0.4 is 10.9 Å². The number of amides is 1. The van der Waals surface area contributed by atoms with Crippen LogP contribution in [-0.2, 0) is 17.8 Å². The van der Waals surface area contributed by atoms with E-state index in [1.165, 1.54) is 6.07 Å². The van der Waals surface area contributed by atoms with Crippen LogP contribution in [0, 0.1) is 6.92 Å². The minimum absolute atomic E-state index is 0.200. The Labute approximate surface area is 161 Å². The molecule has 3 N–H and O–H groups in total. The van der Waals surface area contributed by atoms with E-state index >= 15 is 0 Å². The highest BCUT2D eigenvalue weighted by Crippen LogP contribution is 2.16. The Morgan fingerprint density at radius 2 is 2.00 bits per heavy atom. The molecule has 0 aliphatic carbocycles. The van der Waals surface area contributed by atoms with Crippen LogP contribution in [0.4, 0.5) is 0 Å². The molecule has 1 aromatic carbocycles. The van der Waals surface area contributed by atoms with Crippen LogP contribution >= 0.6 is 0 Å². The number of benzene rings is 1. The summed E-state index contributed by atoms with van der Waals surface area (Å²) < 4.78 is 1.99. The zero-order valence-electron chi connectivity index (χ0n) is 15.7. The number of aromatic nitrogens is 3. The third-order valence-electron chi connectivity index (χ3n) is 4.12. The molecule has 0 aliphatic heterocycles. The van der Waals surface area contributed by atoms with Gasteiger partial charge in [-0.15, -0.1) is 0 Å². The highest BCUT2D eigenvalue weighted by atomic mass is 16.3. The second-order valence-corrected chi connectivity index (χ2v) is 5.83. The molecule has 146 valence electrons. The molecule has 8 nitrogen and oxygen atoms in total. The number of nitrogens with zero attached hydrogens (tertiary/aromatic N) is 2. The Balaban J connectivity index is 0.000000878. The van der Waals surface area contributed by atoms with Crippen molar-refractivity contribution in [3.63, 3.8) is 0 Å². The number of carbonyl (C=O) groups is 2. The van der Waals surface area contributed by atoms with Crippen LogP contribution in [0.5, 0.6) is 0 Å². The van der Waals surface area contributed by atoms with Crippen LogP contribution in [0.25, 0.3) is 5.69 Å². The van der Waals surface area contributed by atoms with Gasteiger partial charge in [-0.2, -0.15) is 0 Å². The van der Waals surface area contributed by atoms with E-state index in [4.69, 9.17) is 9.90 Å². The Morgan fingerprint density at radius 3 is 2.64 bits per heavy atom. The van der Waals surface area contributed by atoms with Gasteiger partial charge in [-0.05, 0) is 31.0 Å². The maximum Gasteiger partial charge on any atom is 0.290 e. The molecule has 0 bridgehead atoms. The van der Waals surface area contributed by atoms with Gasteiger partial charge in [-0.1, -0.05) is 25.1 Å². The molecule has 0 saturated carbocycles. The van der Waals surface area contributed by atoms with Crippen molar-refractivity contribution in [1.29, 1.82) is 0 Å². The van der Waals surface area contributed by atoms with Crippen molar-refractivity contribution in [3.05, 3.63) is 81.8 Å². The summed E-state index contributed by atoms with van der Waals surface area (Å²) in [7, 11) is 0. The summed E-state index contributed by atoms with van der Waals surface area (Å²) in [5.41, 5.74) is 2.91. The highest BCUT2D eigenvalue weighted by Gasteiger charge is 2.12. The van der Waals surface area contributed by atoms with Gasteiger partial charge < -0.3 is 20.0 Å². The molecular formula is C20H22N4O4. The highest BCUT2D eigenvalue weighted by molar-refractivity contribution is 5.95. The van der Waals surface area contributed by atoms with E-state index in [0.717, 1.165) is 17.1 Å². The van der Waals surface area contributed by atoms with Crippen LogP contribution in [0.1, 0.15) is 34.4 Å². The molecule has 0 fully saturated rings. The quantitative estimate of drug-likeness (QED) is 0.584. The number of pyridine rings is 1. The largest absolute Gasteiger partial charge is 0.483 e. The van der Waals surface area contributed by atoms with E-state index in [2.05, 4.69) is 15.3 Å². The van der Waals surface area contributed by atoms with Crippen molar-refractivity contribution in [1.82, 2.24) is 19.9 Å². The summed E-state index contributed by atoms with van der Waals surface area (Å²) in [6.45, 7) is 3.97. The normalized spacial score (nSPS) is 9.93. The van der Waals surface area contributed by atoms with Crippen LogP contribution in [0.15, 0.2) is 53.6 Å². The fraction of sp³-hybridized carbons (Fsp3) is 0.200. The molecule has 2 heterocycles. The van der Waals surface area contributed by atoms with Gasteiger partial charge in [0.15, 0.2) is 0 Å². The molecule has 1 amide bonds. The summed E-state index contributed by atoms with van der Waals surface area (Å²) in [5.74, 6) is 0.679. The van der Waals surface area contributed by atoms with E-state index in [-0.39, 0.29) is 17.9 Å². The Hall–Kier alpha value is -3.68. The molecule has 0 aliphatic rings. The zero-order valence-corrected chi connectivity index (χ0v) is 15.7. The lowest BCUT2D eigenvalue weighted by Gasteiger charge is -2.13. The molecule has 0 saturated heterocycles. The molecule has 0 radical (unpaired) electrons. The molecule has 28 heavy (non-hydrogen) atoms. The van der Waals surface area contributed by atoms with E-state index in [1.54, 1.807) is 12.3 Å². The monoisotopic (exact) mass is 382 g/mol. The number of carboxylic acid groups (broad SMARTS) is 1. The number of nitrogens with one attached hydrogen (secondary N) is 2. The van der Waals surface area contributed by atoms with Crippen LogP contribution in [0.3, 0.4) is 0 Å². The van der Waals surface area contributed by atoms with Gasteiger partial charge in [0, 0.05) is 30.7 Å². The summed E-state index contributed by atoms with van der Waals surface area (Å²) in [5, 5.41) is 9.83. The molecule has 0 unspecified atom stereocenters. The minimum atomic E-state index is -0.250. The Morgan fingerprint density at radius 1 is 1.29 bits per heavy atom. The van der Waals surface area contributed by atoms with Gasteiger partial charge in [0.1, 0.15) is 5.82 Å². The second-order valence-electron chi connectivity index (χ2n) is 5.83. The van der Waals surface area contributed by atoms with E-state index in [0.29, 0.717) is 24.2 Å². The number of imidazole rings is 1. The topological polar surface area (TPSA) is 117 Å². The standard InChI is InChI=1S/C19H20N4O2.CH2O2/c1-3-16-15(8-9-18(24)22-16)19(25)21-12-14-6-4-5-7-17(14)23-11-10-20-13(23)2;2-1-3/h4-11H,3,12H2,1-2H3,(H,21,25)(H,22,24);1H,(H,2,3). The third kappa shape index (κ3) is 4.94. The molecule has 3 rings (SSSR count). The van der Waals surface area contributed by atoms with Crippen molar-refractivity contribution in [2.45, 2.75) is 26.8 Å². The van der Waals surface area contributed by atoms with E-state index in [1.807, 2.05) is 48.9 Å². The smallest absolute Gasteiger partial charge is 0.290 e. The summed E-state index contributed by atoms with van der Waals surface area (Å²) in [6, 6.07) is 10.8. The van der Waals surface area contributed by atoms with Gasteiger partial charge >= 0.3 is 0 Å². The van der Waals surface area contributed by atoms with Gasteiger partial charge in [-0.25, -0.2) is 4.98 Å². The number of H-pyrrole nitrogens is 1. The number of hydrogen-bond donors (Lipinski definition) is 3. The fourth-order valence-electron chi connectivity index (χ4n) is 2.81.